The van der Waals surface area contributed by atoms with Gasteiger partial charge in [-0.15, -0.1) is 0 Å². The van der Waals surface area contributed by atoms with Crippen LogP contribution in [0.3, 0.4) is 0 Å². The monoisotopic (exact) mass is 267 g/mol. The molecule has 0 bridgehead atoms. The van der Waals surface area contributed by atoms with Gasteiger partial charge >= 0.3 is 0 Å². The summed E-state index contributed by atoms with van der Waals surface area (Å²) in [6, 6.07) is 5.99. The average Bonchev–Trinajstić information content (AvgIpc) is 2.18. The Bertz CT molecular complexity index is 419. The van der Waals surface area contributed by atoms with Crippen LogP contribution >= 0.6 is 0 Å². The third kappa shape index (κ3) is 3.42. The molecule has 0 fully saturated rings. The van der Waals surface area contributed by atoms with Crippen molar-refractivity contribution >= 4 is 8.07 Å². The molecule has 0 aromatic heterocycles. The van der Waals surface area contributed by atoms with E-state index in [1.165, 1.54) is 5.56 Å². The van der Waals surface area contributed by atoms with Crippen LogP contribution < -0.4 is 5.73 Å². The molecule has 102 valence electrons. The Labute approximate surface area is 112 Å². The van der Waals surface area contributed by atoms with Gasteiger partial charge in [0, 0.05) is 6.04 Å². The van der Waals surface area contributed by atoms with Crippen LogP contribution in [0.2, 0.25) is 18.1 Å². The largest absolute Gasteiger partial charge is 0.324 e. The van der Waals surface area contributed by atoms with Gasteiger partial charge in [-0.05, 0) is 41.3 Å². The van der Waals surface area contributed by atoms with Gasteiger partial charge in [-0.1, -0.05) is 39.9 Å². The fourth-order valence-electron chi connectivity index (χ4n) is 1.89. The van der Waals surface area contributed by atoms with E-state index in [0.717, 1.165) is 11.6 Å². The van der Waals surface area contributed by atoms with Gasteiger partial charge in [0.2, 0.25) is 0 Å². The second kappa shape index (κ2) is 5.14. The van der Waals surface area contributed by atoms with Crippen molar-refractivity contribution in [2.24, 2.45) is 5.73 Å². The van der Waals surface area contributed by atoms with E-state index in [0.29, 0.717) is 5.04 Å². The van der Waals surface area contributed by atoms with E-state index in [1.807, 2.05) is 13.0 Å². The van der Waals surface area contributed by atoms with E-state index < -0.39 is 8.07 Å². The Balaban J connectivity index is 3.12. The van der Waals surface area contributed by atoms with Crippen LogP contribution in [0.15, 0.2) is 18.2 Å². The first-order valence-electron chi connectivity index (χ1n) is 6.58. The van der Waals surface area contributed by atoms with Gasteiger partial charge in [-0.25, -0.2) is 4.39 Å². The quantitative estimate of drug-likeness (QED) is 0.805. The molecule has 0 spiro atoms. The van der Waals surface area contributed by atoms with Crippen molar-refractivity contribution in [3.05, 3.63) is 35.1 Å². The minimum Gasteiger partial charge on any atom is -0.324 e. The Kier molecular flexibility index (Phi) is 4.39. The molecule has 1 rings (SSSR count). The SMILES string of the molecule is CC(N)c1cc(F)ccc1C[Si](C)(C)C(C)(C)C. The highest BCUT2D eigenvalue weighted by Gasteiger charge is 2.35. The summed E-state index contributed by atoms with van der Waals surface area (Å²) in [5.41, 5.74) is 8.14. The smallest absolute Gasteiger partial charge is 0.123 e. The summed E-state index contributed by atoms with van der Waals surface area (Å²) in [7, 11) is -1.42. The van der Waals surface area contributed by atoms with Gasteiger partial charge < -0.3 is 5.73 Å². The minimum atomic E-state index is -1.42. The first-order valence-corrected chi connectivity index (χ1v) is 9.79. The van der Waals surface area contributed by atoms with E-state index in [4.69, 9.17) is 5.73 Å². The zero-order chi connectivity index (χ0) is 14.1. The Morgan fingerprint density at radius 3 is 2.28 bits per heavy atom. The number of nitrogens with two attached hydrogens (primary N) is 1. The molecular weight excluding hydrogens is 241 g/mol. The van der Waals surface area contributed by atoms with Crippen molar-refractivity contribution in [2.75, 3.05) is 0 Å². The predicted molar refractivity (Wildman–Crippen MR) is 79.9 cm³/mol. The molecule has 0 aliphatic carbocycles. The topological polar surface area (TPSA) is 26.0 Å². The van der Waals surface area contributed by atoms with Crippen molar-refractivity contribution < 1.29 is 4.39 Å². The maximum Gasteiger partial charge on any atom is 0.123 e. The minimum absolute atomic E-state index is 0.111. The first kappa shape index (κ1) is 15.4. The lowest BCUT2D eigenvalue weighted by Crippen LogP contribution is -2.40. The number of benzene rings is 1. The molecule has 0 amide bonds. The summed E-state index contributed by atoms with van der Waals surface area (Å²) in [6.45, 7) is 13.6. The third-order valence-electron chi connectivity index (χ3n) is 4.26. The third-order valence-corrected chi connectivity index (χ3v) is 9.59. The average molecular weight is 267 g/mol. The van der Waals surface area contributed by atoms with E-state index in [2.05, 4.69) is 33.9 Å². The highest BCUT2D eigenvalue weighted by molar-refractivity contribution is 6.79. The van der Waals surface area contributed by atoms with Crippen molar-refractivity contribution in [1.29, 1.82) is 0 Å². The van der Waals surface area contributed by atoms with E-state index in [1.54, 1.807) is 12.1 Å². The van der Waals surface area contributed by atoms with Crippen LogP contribution in [-0.4, -0.2) is 8.07 Å². The highest BCUT2D eigenvalue weighted by Crippen LogP contribution is 2.38. The number of halogens is 1. The van der Waals surface area contributed by atoms with Crippen molar-refractivity contribution in [3.8, 4) is 0 Å². The van der Waals surface area contributed by atoms with E-state index in [9.17, 15) is 4.39 Å². The summed E-state index contributed by atoms with van der Waals surface area (Å²) in [5.74, 6) is -0.193. The molecule has 0 saturated carbocycles. The fourth-order valence-corrected chi connectivity index (χ4v) is 3.70. The maximum absolute atomic E-state index is 13.3. The highest BCUT2D eigenvalue weighted by atomic mass is 28.3. The number of hydrogen-bond donors (Lipinski definition) is 1. The van der Waals surface area contributed by atoms with Crippen molar-refractivity contribution in [3.63, 3.8) is 0 Å². The molecule has 18 heavy (non-hydrogen) atoms. The summed E-state index contributed by atoms with van der Waals surface area (Å²) in [6.07, 6.45) is 0. The van der Waals surface area contributed by atoms with Crippen LogP contribution in [0.1, 0.15) is 44.9 Å². The van der Waals surface area contributed by atoms with E-state index >= 15 is 0 Å². The summed E-state index contributed by atoms with van der Waals surface area (Å²) in [4.78, 5) is 0. The van der Waals surface area contributed by atoms with Gasteiger partial charge in [0.25, 0.3) is 0 Å². The molecule has 0 saturated heterocycles. The lowest BCUT2D eigenvalue weighted by molar-refractivity contribution is 0.620. The zero-order valence-corrected chi connectivity index (χ0v) is 13.5. The lowest BCUT2D eigenvalue weighted by atomic mass is 10.0. The molecule has 0 aliphatic heterocycles. The fraction of sp³-hybridized carbons (Fsp3) is 0.600. The molecule has 1 aromatic carbocycles. The maximum atomic E-state index is 13.3. The van der Waals surface area contributed by atoms with Gasteiger partial charge in [-0.2, -0.15) is 0 Å². The molecule has 0 heterocycles. The van der Waals surface area contributed by atoms with Crippen LogP contribution in [-0.2, 0) is 6.04 Å². The molecule has 2 N–H and O–H groups in total. The summed E-state index contributed by atoms with van der Waals surface area (Å²) < 4.78 is 13.3. The molecule has 1 atom stereocenters. The van der Waals surface area contributed by atoms with Gasteiger partial charge in [0.15, 0.2) is 0 Å². The molecule has 0 radical (unpaired) electrons. The van der Waals surface area contributed by atoms with E-state index in [-0.39, 0.29) is 11.9 Å². The van der Waals surface area contributed by atoms with Crippen molar-refractivity contribution in [1.82, 2.24) is 0 Å². The molecule has 3 heteroatoms. The molecule has 1 unspecified atom stereocenters. The van der Waals surface area contributed by atoms with Crippen LogP contribution in [0, 0.1) is 5.82 Å². The summed E-state index contributed by atoms with van der Waals surface area (Å²) >= 11 is 0. The second-order valence-corrected chi connectivity index (χ2v) is 12.6. The number of rotatable bonds is 3. The molecule has 1 nitrogen and oxygen atoms in total. The Hall–Kier alpha value is -0.673. The van der Waals surface area contributed by atoms with Crippen LogP contribution in [0.25, 0.3) is 0 Å². The normalized spacial score (nSPS) is 14.7. The van der Waals surface area contributed by atoms with Crippen LogP contribution in [0.5, 0.6) is 0 Å². The van der Waals surface area contributed by atoms with Gasteiger partial charge in [0.1, 0.15) is 5.82 Å². The zero-order valence-electron chi connectivity index (χ0n) is 12.5. The molecule has 0 aliphatic rings. The standard InChI is InChI=1S/C15H26FNSi/c1-11(17)14-9-13(16)8-7-12(14)10-18(5,6)15(2,3)4/h7-9,11H,10,17H2,1-6H3. The predicted octanol–water partition coefficient (Wildman–Crippen LogP) is 4.44. The van der Waals surface area contributed by atoms with Gasteiger partial charge in [0.05, 0.1) is 8.07 Å². The molecule has 1 aromatic rings. The lowest BCUT2D eigenvalue weighted by Gasteiger charge is -2.37. The summed E-state index contributed by atoms with van der Waals surface area (Å²) in [5, 5.41) is 0.330. The Morgan fingerprint density at radius 1 is 1.28 bits per heavy atom. The first-order chi connectivity index (χ1) is 8.04. The second-order valence-electron chi connectivity index (χ2n) is 6.94. The number of hydrogen-bond acceptors (Lipinski definition) is 1. The van der Waals surface area contributed by atoms with Gasteiger partial charge in [-0.3, -0.25) is 0 Å². The molecular formula is C15H26FNSi. The van der Waals surface area contributed by atoms with Crippen molar-refractivity contribution in [2.45, 2.75) is 57.9 Å². The van der Waals surface area contributed by atoms with Crippen LogP contribution in [0.4, 0.5) is 4.39 Å². The Morgan fingerprint density at radius 2 is 1.83 bits per heavy atom.